The highest BCUT2D eigenvalue weighted by Crippen LogP contribution is 2.37. The van der Waals surface area contributed by atoms with E-state index in [4.69, 9.17) is 0 Å². The molecular formula is C19H16BrN4O2S+. The molecule has 8 heteroatoms. The fourth-order valence-corrected chi connectivity index (χ4v) is 4.15. The van der Waals surface area contributed by atoms with Gasteiger partial charge < -0.3 is 0 Å². The standard InChI is InChI=1S/C19H15BrN4O2S/c1-11(25)23-15-9-4-3-8-14(15)16-17(26)21-19(27-2)22-24(16)18(23)12-6-5-7-13(20)10-12/h3-10,18H,1-2H3/p+1/t18-/m0/s1. The molecule has 27 heavy (non-hydrogen) atoms. The van der Waals surface area contributed by atoms with E-state index in [0.717, 1.165) is 10.0 Å². The van der Waals surface area contributed by atoms with E-state index in [-0.39, 0.29) is 11.5 Å². The van der Waals surface area contributed by atoms with Gasteiger partial charge in [0.1, 0.15) is 0 Å². The van der Waals surface area contributed by atoms with E-state index in [2.05, 4.69) is 26.0 Å². The number of halogens is 1. The topological polar surface area (TPSA) is 69.9 Å². The normalized spacial score (nSPS) is 15.2. The number of rotatable bonds is 2. The van der Waals surface area contributed by atoms with E-state index in [1.807, 2.05) is 54.8 Å². The van der Waals surface area contributed by atoms with Crippen molar-refractivity contribution in [3.8, 4) is 11.3 Å². The van der Waals surface area contributed by atoms with Gasteiger partial charge in [-0.25, -0.2) is 4.90 Å². The van der Waals surface area contributed by atoms with Crippen molar-refractivity contribution in [2.45, 2.75) is 18.2 Å². The summed E-state index contributed by atoms with van der Waals surface area (Å²) in [7, 11) is 0. The molecule has 2 aromatic carbocycles. The molecule has 136 valence electrons. The molecule has 6 nitrogen and oxygen atoms in total. The van der Waals surface area contributed by atoms with Crippen LogP contribution in [0, 0.1) is 0 Å². The van der Waals surface area contributed by atoms with Crippen LogP contribution in [0.2, 0.25) is 0 Å². The highest BCUT2D eigenvalue weighted by atomic mass is 79.9. The predicted octanol–water partition coefficient (Wildman–Crippen LogP) is 3.12. The van der Waals surface area contributed by atoms with Crippen molar-refractivity contribution in [1.29, 1.82) is 0 Å². The van der Waals surface area contributed by atoms with Crippen LogP contribution < -0.4 is 15.1 Å². The number of benzene rings is 2. The smallest absolute Gasteiger partial charge is 0.291 e. The van der Waals surface area contributed by atoms with Crippen LogP contribution in [0.3, 0.4) is 0 Å². The van der Waals surface area contributed by atoms with Crippen LogP contribution in [0.1, 0.15) is 18.7 Å². The van der Waals surface area contributed by atoms with Gasteiger partial charge in [0.25, 0.3) is 6.17 Å². The summed E-state index contributed by atoms with van der Waals surface area (Å²) in [5, 5.41) is 5.12. The lowest BCUT2D eigenvalue weighted by Gasteiger charge is -2.31. The summed E-state index contributed by atoms with van der Waals surface area (Å²) >= 11 is 4.84. The minimum absolute atomic E-state index is 0.127. The molecule has 0 saturated heterocycles. The monoisotopic (exact) mass is 443 g/mol. The number of hydrogen-bond acceptors (Lipinski definition) is 4. The minimum atomic E-state index is -0.557. The van der Waals surface area contributed by atoms with E-state index < -0.39 is 6.17 Å². The molecule has 2 heterocycles. The third kappa shape index (κ3) is 2.98. The summed E-state index contributed by atoms with van der Waals surface area (Å²) in [6.45, 7) is 1.52. The first-order chi connectivity index (χ1) is 13.0. The van der Waals surface area contributed by atoms with Gasteiger partial charge in [0.05, 0.1) is 11.3 Å². The zero-order chi connectivity index (χ0) is 19.1. The van der Waals surface area contributed by atoms with E-state index in [0.29, 0.717) is 22.1 Å². The average molecular weight is 444 g/mol. The molecule has 1 atom stereocenters. The van der Waals surface area contributed by atoms with Crippen LogP contribution in [0.15, 0.2) is 63.0 Å². The van der Waals surface area contributed by atoms with E-state index >= 15 is 0 Å². The highest BCUT2D eigenvalue weighted by molar-refractivity contribution is 9.10. The Labute approximate surface area is 168 Å². The Bertz CT molecular complexity index is 1110. The fraction of sp³-hybridized carbons (Fsp3) is 0.158. The van der Waals surface area contributed by atoms with Crippen LogP contribution >= 0.6 is 27.7 Å². The molecule has 0 bridgehead atoms. The molecule has 0 fully saturated rings. The summed E-state index contributed by atoms with van der Waals surface area (Å²) in [5.41, 5.74) is 2.43. The second kappa shape index (κ2) is 6.94. The lowest BCUT2D eigenvalue weighted by Crippen LogP contribution is -2.60. The van der Waals surface area contributed by atoms with Gasteiger partial charge in [-0.2, -0.15) is 0 Å². The SMILES string of the molecule is CSc1n[n+]2c(c(=O)[nH]1)-c1ccccc1N(C(C)=O)[C@@H]2c1cccc(Br)c1. The summed E-state index contributed by atoms with van der Waals surface area (Å²) in [5.74, 6) is -0.127. The van der Waals surface area contributed by atoms with Crippen LogP contribution in [-0.2, 0) is 4.79 Å². The maximum absolute atomic E-state index is 12.9. The number of para-hydroxylation sites is 1. The van der Waals surface area contributed by atoms with E-state index in [1.165, 1.54) is 18.7 Å². The van der Waals surface area contributed by atoms with Crippen molar-refractivity contribution in [3.63, 3.8) is 0 Å². The van der Waals surface area contributed by atoms with Crippen LogP contribution in [-0.4, -0.2) is 22.2 Å². The van der Waals surface area contributed by atoms with Gasteiger partial charge in [-0.3, -0.25) is 14.6 Å². The first-order valence-corrected chi connectivity index (χ1v) is 10.3. The average Bonchev–Trinajstić information content (AvgIpc) is 2.66. The quantitative estimate of drug-likeness (QED) is 0.487. The lowest BCUT2D eigenvalue weighted by atomic mass is 10.0. The van der Waals surface area contributed by atoms with Gasteiger partial charge in [-0.05, 0) is 35.2 Å². The highest BCUT2D eigenvalue weighted by Gasteiger charge is 2.44. The number of fused-ring (bicyclic) bond motifs is 3. The summed E-state index contributed by atoms with van der Waals surface area (Å²) in [4.78, 5) is 30.0. The van der Waals surface area contributed by atoms with Crippen molar-refractivity contribution in [2.75, 3.05) is 11.2 Å². The number of nitrogens with one attached hydrogen (secondary N) is 1. The molecule has 1 aliphatic heterocycles. The molecule has 1 aromatic heterocycles. The number of aromatic amines is 1. The summed E-state index contributed by atoms with van der Waals surface area (Å²) in [6.07, 6.45) is 1.29. The Balaban J connectivity index is 2.10. The molecule has 4 rings (SSSR count). The number of anilines is 1. The van der Waals surface area contributed by atoms with Gasteiger partial charge in [-0.15, -0.1) is 0 Å². The number of aromatic nitrogens is 3. The van der Waals surface area contributed by atoms with Crippen LogP contribution in [0.4, 0.5) is 5.69 Å². The van der Waals surface area contributed by atoms with Crippen LogP contribution in [0.5, 0.6) is 0 Å². The van der Waals surface area contributed by atoms with Gasteiger partial charge in [-0.1, -0.05) is 52.0 Å². The van der Waals surface area contributed by atoms with Crippen molar-refractivity contribution < 1.29 is 9.48 Å². The zero-order valence-corrected chi connectivity index (χ0v) is 17.0. The maximum Gasteiger partial charge on any atom is 0.325 e. The number of carbonyl (C=O) groups is 1. The molecule has 1 amide bonds. The Hall–Kier alpha value is -2.45. The molecule has 0 saturated carbocycles. The molecule has 0 radical (unpaired) electrons. The molecule has 3 aromatic rings. The molecular weight excluding hydrogens is 428 g/mol. The fourth-order valence-electron chi connectivity index (χ4n) is 3.37. The van der Waals surface area contributed by atoms with Crippen molar-refractivity contribution in [1.82, 2.24) is 10.1 Å². The molecule has 1 aliphatic rings. The first kappa shape index (κ1) is 17.9. The largest absolute Gasteiger partial charge is 0.325 e. The van der Waals surface area contributed by atoms with Crippen LogP contribution in [0.25, 0.3) is 11.3 Å². The number of hydrogen-bond donors (Lipinski definition) is 1. The van der Waals surface area contributed by atoms with E-state index in [1.54, 1.807) is 9.58 Å². The number of nitrogens with zero attached hydrogens (tertiary/aromatic N) is 3. The summed E-state index contributed by atoms with van der Waals surface area (Å²) in [6, 6.07) is 15.1. The number of amides is 1. The predicted molar refractivity (Wildman–Crippen MR) is 108 cm³/mol. The van der Waals surface area contributed by atoms with Gasteiger partial charge in [0, 0.05) is 22.1 Å². The summed E-state index contributed by atoms with van der Waals surface area (Å²) < 4.78 is 2.54. The Kier molecular flexibility index (Phi) is 4.61. The second-order valence-electron chi connectivity index (χ2n) is 6.09. The van der Waals surface area contributed by atoms with E-state index in [9.17, 15) is 9.59 Å². The van der Waals surface area contributed by atoms with Crippen molar-refractivity contribution in [2.24, 2.45) is 0 Å². The molecule has 0 unspecified atom stereocenters. The van der Waals surface area contributed by atoms with Gasteiger partial charge in [0.15, 0.2) is 0 Å². The molecule has 0 aliphatic carbocycles. The van der Waals surface area contributed by atoms with Gasteiger partial charge in [0.2, 0.25) is 11.1 Å². The van der Waals surface area contributed by atoms with Crippen molar-refractivity contribution in [3.05, 3.63) is 68.9 Å². The van der Waals surface area contributed by atoms with Gasteiger partial charge >= 0.3 is 11.3 Å². The number of thioether (sulfide) groups is 1. The Morgan fingerprint density at radius 3 is 2.74 bits per heavy atom. The first-order valence-electron chi connectivity index (χ1n) is 8.26. The molecule has 1 N–H and O–H groups in total. The second-order valence-corrected chi connectivity index (χ2v) is 7.80. The lowest BCUT2D eigenvalue weighted by molar-refractivity contribution is -0.763. The Morgan fingerprint density at radius 2 is 2.04 bits per heavy atom. The number of H-pyrrole nitrogens is 1. The van der Waals surface area contributed by atoms with Crippen molar-refractivity contribution >= 4 is 39.3 Å². The Morgan fingerprint density at radius 1 is 1.26 bits per heavy atom. The maximum atomic E-state index is 12.9. The third-order valence-corrected chi connectivity index (χ3v) is 5.50. The molecule has 0 spiro atoms. The number of carbonyl (C=O) groups excluding carboxylic acids is 1. The zero-order valence-electron chi connectivity index (χ0n) is 14.6. The minimum Gasteiger partial charge on any atom is -0.291 e. The third-order valence-electron chi connectivity index (χ3n) is 4.44.